The molecule has 126 valence electrons. The van der Waals surface area contributed by atoms with Gasteiger partial charge in [0.15, 0.2) is 0 Å². The average molecular weight is 340 g/mol. The molecule has 1 aliphatic rings. The van der Waals surface area contributed by atoms with Crippen LogP contribution in [0.25, 0.3) is 6.08 Å². The van der Waals surface area contributed by atoms with E-state index in [0.29, 0.717) is 17.0 Å². The lowest BCUT2D eigenvalue weighted by atomic mass is 10.1. The number of carbonyl (C=O) groups excluding carboxylic acids is 3. The summed E-state index contributed by atoms with van der Waals surface area (Å²) in [6.45, 7) is 1.28. The summed E-state index contributed by atoms with van der Waals surface area (Å²) in [5.74, 6) is -1.74. The van der Waals surface area contributed by atoms with Crippen molar-refractivity contribution in [3.8, 4) is 5.75 Å². The van der Waals surface area contributed by atoms with Crippen LogP contribution in [0.2, 0.25) is 0 Å². The molecule has 0 atom stereocenters. The van der Waals surface area contributed by atoms with Crippen molar-refractivity contribution in [2.24, 2.45) is 0 Å². The third-order valence-corrected chi connectivity index (χ3v) is 3.41. The lowest BCUT2D eigenvalue weighted by Crippen LogP contribution is -2.35. The normalized spacial score (nSPS) is 15.4. The third-order valence-electron chi connectivity index (χ3n) is 3.41. The van der Waals surface area contributed by atoms with E-state index in [2.05, 4.69) is 5.43 Å². The van der Waals surface area contributed by atoms with E-state index in [1.807, 2.05) is 0 Å². The summed E-state index contributed by atoms with van der Waals surface area (Å²) < 4.78 is 18.0. The van der Waals surface area contributed by atoms with E-state index in [4.69, 9.17) is 4.74 Å². The SMILES string of the molecule is CC(=O)Oc1cccc(/C=C2/C(=O)NN(c3ccc(F)cc3)C2=O)c1. The highest BCUT2D eigenvalue weighted by Gasteiger charge is 2.34. The van der Waals surface area contributed by atoms with Crippen molar-refractivity contribution in [2.45, 2.75) is 6.92 Å². The van der Waals surface area contributed by atoms with E-state index in [0.717, 1.165) is 5.01 Å². The Morgan fingerprint density at radius 3 is 2.56 bits per heavy atom. The molecule has 6 nitrogen and oxygen atoms in total. The highest BCUT2D eigenvalue weighted by Crippen LogP contribution is 2.23. The van der Waals surface area contributed by atoms with Crippen molar-refractivity contribution in [2.75, 3.05) is 5.01 Å². The van der Waals surface area contributed by atoms with Gasteiger partial charge in [0.05, 0.1) is 5.69 Å². The Balaban J connectivity index is 1.88. The minimum Gasteiger partial charge on any atom is -0.427 e. The largest absolute Gasteiger partial charge is 0.427 e. The Bertz CT molecular complexity index is 890. The fourth-order valence-electron chi connectivity index (χ4n) is 2.33. The number of nitrogens with one attached hydrogen (secondary N) is 1. The molecule has 2 amide bonds. The van der Waals surface area contributed by atoms with Crippen LogP contribution in [0.15, 0.2) is 54.1 Å². The maximum absolute atomic E-state index is 13.0. The molecular formula is C18H13FN2O4. The predicted molar refractivity (Wildman–Crippen MR) is 87.8 cm³/mol. The number of rotatable bonds is 3. The zero-order valence-corrected chi connectivity index (χ0v) is 13.2. The number of benzene rings is 2. The molecule has 0 saturated carbocycles. The van der Waals surface area contributed by atoms with E-state index in [9.17, 15) is 18.8 Å². The summed E-state index contributed by atoms with van der Waals surface area (Å²) in [5.41, 5.74) is 3.22. The molecule has 2 aromatic carbocycles. The molecule has 2 aromatic rings. The number of carbonyl (C=O) groups is 3. The number of halogens is 1. The zero-order chi connectivity index (χ0) is 18.0. The highest BCUT2D eigenvalue weighted by molar-refractivity contribution is 6.31. The van der Waals surface area contributed by atoms with Gasteiger partial charge in [-0.2, -0.15) is 0 Å². The Labute approximate surface area is 142 Å². The molecular weight excluding hydrogens is 327 g/mol. The molecule has 1 fully saturated rings. The second-order valence-corrected chi connectivity index (χ2v) is 5.28. The first-order valence-corrected chi connectivity index (χ1v) is 7.35. The van der Waals surface area contributed by atoms with E-state index in [1.54, 1.807) is 18.2 Å². The lowest BCUT2D eigenvalue weighted by molar-refractivity contribution is -0.132. The maximum atomic E-state index is 13.0. The van der Waals surface area contributed by atoms with Gasteiger partial charge >= 0.3 is 5.97 Å². The monoisotopic (exact) mass is 340 g/mol. The van der Waals surface area contributed by atoms with Gasteiger partial charge in [-0.15, -0.1) is 0 Å². The number of hydrogen-bond acceptors (Lipinski definition) is 4. The summed E-state index contributed by atoms with van der Waals surface area (Å²) in [5, 5.41) is 1.05. The first-order chi connectivity index (χ1) is 11.9. The van der Waals surface area contributed by atoms with Crippen molar-refractivity contribution < 1.29 is 23.5 Å². The molecule has 1 N–H and O–H groups in total. The van der Waals surface area contributed by atoms with Gasteiger partial charge in [-0.1, -0.05) is 12.1 Å². The van der Waals surface area contributed by atoms with Crippen molar-refractivity contribution in [3.05, 3.63) is 65.5 Å². The van der Waals surface area contributed by atoms with E-state index in [-0.39, 0.29) is 5.57 Å². The minimum atomic E-state index is -0.577. The van der Waals surface area contributed by atoms with Crippen LogP contribution in [-0.4, -0.2) is 17.8 Å². The van der Waals surface area contributed by atoms with Crippen LogP contribution in [-0.2, 0) is 14.4 Å². The molecule has 7 heteroatoms. The molecule has 25 heavy (non-hydrogen) atoms. The van der Waals surface area contributed by atoms with Crippen LogP contribution in [0.5, 0.6) is 5.75 Å². The molecule has 1 aliphatic heterocycles. The molecule has 0 spiro atoms. The zero-order valence-electron chi connectivity index (χ0n) is 13.2. The summed E-state index contributed by atoms with van der Waals surface area (Å²) in [7, 11) is 0. The first kappa shape index (κ1) is 16.4. The number of ether oxygens (including phenoxy) is 1. The van der Waals surface area contributed by atoms with Gasteiger partial charge in [0.25, 0.3) is 11.8 Å². The van der Waals surface area contributed by atoms with Crippen molar-refractivity contribution >= 4 is 29.5 Å². The quantitative estimate of drug-likeness (QED) is 0.402. The lowest BCUT2D eigenvalue weighted by Gasteiger charge is -2.14. The van der Waals surface area contributed by atoms with Gasteiger partial charge in [-0.3, -0.25) is 19.8 Å². The Kier molecular flexibility index (Phi) is 4.30. The number of hydrogen-bond donors (Lipinski definition) is 1. The smallest absolute Gasteiger partial charge is 0.308 e. The number of anilines is 1. The summed E-state index contributed by atoms with van der Waals surface area (Å²) in [6, 6.07) is 11.6. The predicted octanol–water partition coefficient (Wildman–Crippen LogP) is 2.21. The molecule has 3 rings (SSSR count). The number of nitrogens with zero attached hydrogens (tertiary/aromatic N) is 1. The molecule has 0 radical (unpaired) electrons. The molecule has 0 bridgehead atoms. The molecule has 0 aromatic heterocycles. The van der Waals surface area contributed by atoms with Crippen molar-refractivity contribution in [1.82, 2.24) is 5.43 Å². The number of esters is 1. The number of hydrazine groups is 1. The first-order valence-electron chi connectivity index (χ1n) is 7.35. The highest BCUT2D eigenvalue weighted by atomic mass is 19.1. The Morgan fingerprint density at radius 1 is 1.16 bits per heavy atom. The van der Waals surface area contributed by atoms with Gasteiger partial charge < -0.3 is 4.74 Å². The second-order valence-electron chi connectivity index (χ2n) is 5.28. The van der Waals surface area contributed by atoms with E-state index >= 15 is 0 Å². The van der Waals surface area contributed by atoms with Gasteiger partial charge in [0.2, 0.25) is 0 Å². The van der Waals surface area contributed by atoms with Gasteiger partial charge in [0, 0.05) is 6.92 Å². The fourth-order valence-corrected chi connectivity index (χ4v) is 2.33. The van der Waals surface area contributed by atoms with Crippen molar-refractivity contribution in [3.63, 3.8) is 0 Å². The van der Waals surface area contributed by atoms with Crippen LogP contribution in [0, 0.1) is 5.82 Å². The Hall–Kier alpha value is -3.48. The van der Waals surface area contributed by atoms with E-state index in [1.165, 1.54) is 43.3 Å². The van der Waals surface area contributed by atoms with Crippen LogP contribution in [0.3, 0.4) is 0 Å². The summed E-state index contributed by atoms with van der Waals surface area (Å²) in [6.07, 6.45) is 1.40. The molecule has 0 aliphatic carbocycles. The fraction of sp³-hybridized carbons (Fsp3) is 0.0556. The van der Waals surface area contributed by atoms with Gasteiger partial charge in [-0.25, -0.2) is 9.40 Å². The average Bonchev–Trinajstić information content (AvgIpc) is 2.83. The maximum Gasteiger partial charge on any atom is 0.308 e. The summed E-state index contributed by atoms with van der Waals surface area (Å²) in [4.78, 5) is 35.6. The topological polar surface area (TPSA) is 75.7 Å². The Morgan fingerprint density at radius 2 is 1.88 bits per heavy atom. The molecule has 1 heterocycles. The van der Waals surface area contributed by atoms with Gasteiger partial charge in [-0.05, 0) is 48.0 Å². The van der Waals surface area contributed by atoms with Crippen LogP contribution >= 0.6 is 0 Å². The van der Waals surface area contributed by atoms with Gasteiger partial charge in [0.1, 0.15) is 17.1 Å². The summed E-state index contributed by atoms with van der Waals surface area (Å²) >= 11 is 0. The van der Waals surface area contributed by atoms with E-state index < -0.39 is 23.6 Å². The second kappa shape index (κ2) is 6.56. The van der Waals surface area contributed by atoms with Crippen LogP contribution < -0.4 is 15.2 Å². The third kappa shape index (κ3) is 3.55. The standard InChI is InChI=1S/C18H13FN2O4/c1-11(22)25-15-4-2-3-12(9-15)10-16-17(23)20-21(18(16)24)14-7-5-13(19)6-8-14/h2-10H,1H3,(H,20,23)/b16-10-. The number of amides is 2. The van der Waals surface area contributed by atoms with Crippen LogP contribution in [0.1, 0.15) is 12.5 Å². The van der Waals surface area contributed by atoms with Crippen molar-refractivity contribution in [1.29, 1.82) is 0 Å². The minimum absolute atomic E-state index is 0.0794. The van der Waals surface area contributed by atoms with Crippen LogP contribution in [0.4, 0.5) is 10.1 Å². The molecule has 0 unspecified atom stereocenters. The molecule has 1 saturated heterocycles.